The van der Waals surface area contributed by atoms with Crippen molar-refractivity contribution < 1.29 is 9.72 Å². The Morgan fingerprint density at radius 2 is 2.09 bits per heavy atom. The second-order valence-corrected chi connectivity index (χ2v) is 4.69. The largest absolute Gasteiger partial charge is 0.383 e. The Bertz CT molecular complexity index is 688. The molecule has 1 unspecified atom stereocenters. The Morgan fingerprint density at radius 1 is 1.32 bits per heavy atom. The molecule has 114 valence electrons. The molecule has 0 aliphatic carbocycles. The minimum absolute atomic E-state index is 0.138. The predicted molar refractivity (Wildman–Crippen MR) is 82.8 cm³/mol. The summed E-state index contributed by atoms with van der Waals surface area (Å²) in [5.41, 5.74) is 1.17. The number of anilines is 1. The Hall–Kier alpha value is -2.96. The summed E-state index contributed by atoms with van der Waals surface area (Å²) in [5.74, 6) is -0.385. The van der Waals surface area contributed by atoms with Gasteiger partial charge in [0.2, 0.25) is 0 Å². The van der Waals surface area contributed by atoms with E-state index in [-0.39, 0.29) is 23.2 Å². The van der Waals surface area contributed by atoms with Crippen LogP contribution in [0.1, 0.15) is 29.0 Å². The molecule has 0 aliphatic rings. The molecule has 1 aromatic carbocycles. The molecule has 0 aliphatic heterocycles. The Balaban J connectivity index is 2.19. The average molecular weight is 300 g/mol. The van der Waals surface area contributed by atoms with Crippen molar-refractivity contribution in [2.45, 2.75) is 13.0 Å². The van der Waals surface area contributed by atoms with Gasteiger partial charge in [0.1, 0.15) is 5.69 Å². The molecule has 0 bridgehead atoms. The van der Waals surface area contributed by atoms with E-state index in [4.69, 9.17) is 0 Å². The number of carbonyl (C=O) groups is 1. The van der Waals surface area contributed by atoms with Crippen LogP contribution in [0.4, 0.5) is 11.4 Å². The molecule has 0 spiro atoms. The first-order chi connectivity index (χ1) is 10.5. The molecule has 0 radical (unpaired) electrons. The normalized spacial score (nSPS) is 11.5. The Kier molecular flexibility index (Phi) is 4.67. The fraction of sp³-hybridized carbons (Fsp3) is 0.200. The highest BCUT2D eigenvalue weighted by Crippen LogP contribution is 2.25. The molecule has 1 atom stereocenters. The molecule has 22 heavy (non-hydrogen) atoms. The Morgan fingerprint density at radius 3 is 2.68 bits per heavy atom. The van der Waals surface area contributed by atoms with Crippen molar-refractivity contribution in [1.29, 1.82) is 0 Å². The first-order valence-electron chi connectivity index (χ1n) is 6.71. The highest BCUT2D eigenvalue weighted by atomic mass is 16.6. The number of hydrogen-bond acceptors (Lipinski definition) is 5. The minimum Gasteiger partial charge on any atom is -0.383 e. The number of nitrogens with zero attached hydrogens (tertiary/aromatic N) is 2. The zero-order valence-electron chi connectivity index (χ0n) is 12.2. The van der Waals surface area contributed by atoms with Crippen LogP contribution in [0.3, 0.4) is 0 Å². The maximum Gasteiger partial charge on any atom is 0.293 e. The zero-order chi connectivity index (χ0) is 16.1. The van der Waals surface area contributed by atoms with E-state index in [1.165, 1.54) is 12.1 Å². The van der Waals surface area contributed by atoms with Crippen LogP contribution in [-0.2, 0) is 0 Å². The second kappa shape index (κ2) is 6.66. The lowest BCUT2D eigenvalue weighted by Crippen LogP contribution is -2.27. The summed E-state index contributed by atoms with van der Waals surface area (Å²) in [7, 11) is 1.59. The number of aromatic nitrogens is 1. The van der Waals surface area contributed by atoms with E-state index in [2.05, 4.69) is 15.6 Å². The van der Waals surface area contributed by atoms with Gasteiger partial charge in [-0.3, -0.25) is 19.9 Å². The molecule has 1 heterocycles. The molecule has 7 nitrogen and oxygen atoms in total. The molecule has 1 amide bonds. The van der Waals surface area contributed by atoms with Crippen LogP contribution in [0.2, 0.25) is 0 Å². The van der Waals surface area contributed by atoms with Gasteiger partial charge in [-0.2, -0.15) is 0 Å². The highest BCUT2D eigenvalue weighted by molar-refractivity contribution is 5.95. The lowest BCUT2D eigenvalue weighted by molar-refractivity contribution is -0.384. The molecule has 2 N–H and O–H groups in total. The van der Waals surface area contributed by atoms with Crippen molar-refractivity contribution >= 4 is 17.3 Å². The third kappa shape index (κ3) is 3.38. The van der Waals surface area contributed by atoms with Gasteiger partial charge in [-0.1, -0.05) is 6.07 Å². The summed E-state index contributed by atoms with van der Waals surface area (Å²) in [4.78, 5) is 26.9. The number of nitrogens with one attached hydrogen (secondary N) is 2. The van der Waals surface area contributed by atoms with Crippen LogP contribution in [0.15, 0.2) is 42.6 Å². The number of amides is 1. The predicted octanol–water partition coefficient (Wildman–Crippen LogP) is 2.52. The SMILES string of the molecule is CNc1ccc(C(=O)NC(C)c2ccccn2)cc1[N+](=O)[O-]. The first kappa shape index (κ1) is 15.4. The molecular weight excluding hydrogens is 284 g/mol. The average Bonchev–Trinajstić information content (AvgIpc) is 2.54. The van der Waals surface area contributed by atoms with Crippen LogP contribution in [0.5, 0.6) is 0 Å². The summed E-state index contributed by atoms with van der Waals surface area (Å²) >= 11 is 0. The van der Waals surface area contributed by atoms with Crippen LogP contribution < -0.4 is 10.6 Å². The van der Waals surface area contributed by atoms with Gasteiger partial charge in [-0.05, 0) is 31.2 Å². The topological polar surface area (TPSA) is 97.2 Å². The molecule has 0 fully saturated rings. The molecule has 2 aromatic rings. The number of rotatable bonds is 5. The summed E-state index contributed by atoms with van der Waals surface area (Å²) < 4.78 is 0. The van der Waals surface area contributed by atoms with Gasteiger partial charge >= 0.3 is 0 Å². The van der Waals surface area contributed by atoms with E-state index >= 15 is 0 Å². The molecular formula is C15H16N4O3. The van der Waals surface area contributed by atoms with Crippen LogP contribution >= 0.6 is 0 Å². The van der Waals surface area contributed by atoms with Gasteiger partial charge < -0.3 is 10.6 Å². The van der Waals surface area contributed by atoms with Crippen molar-refractivity contribution in [3.05, 3.63) is 64.0 Å². The van der Waals surface area contributed by atoms with Crippen molar-refractivity contribution in [2.24, 2.45) is 0 Å². The summed E-state index contributed by atoms with van der Waals surface area (Å²) in [6.07, 6.45) is 1.64. The first-order valence-corrected chi connectivity index (χ1v) is 6.71. The maximum absolute atomic E-state index is 12.2. The van der Waals surface area contributed by atoms with Crippen LogP contribution in [0, 0.1) is 10.1 Å². The lowest BCUT2D eigenvalue weighted by Gasteiger charge is -2.13. The number of benzene rings is 1. The minimum atomic E-state index is -0.523. The number of nitro benzene ring substituents is 1. The van der Waals surface area contributed by atoms with Crippen molar-refractivity contribution in [3.8, 4) is 0 Å². The second-order valence-electron chi connectivity index (χ2n) is 4.69. The summed E-state index contributed by atoms with van der Waals surface area (Å²) in [6, 6.07) is 9.44. The molecule has 2 rings (SSSR count). The van der Waals surface area contributed by atoms with E-state index in [9.17, 15) is 14.9 Å². The maximum atomic E-state index is 12.2. The number of pyridine rings is 1. The quantitative estimate of drug-likeness (QED) is 0.653. The van der Waals surface area contributed by atoms with E-state index in [0.29, 0.717) is 5.69 Å². The molecule has 0 saturated heterocycles. The van der Waals surface area contributed by atoms with Crippen LogP contribution in [0.25, 0.3) is 0 Å². The van der Waals surface area contributed by atoms with Gasteiger partial charge in [-0.25, -0.2) is 0 Å². The standard InChI is InChI=1S/C15H16N4O3/c1-10(12-5-3-4-8-17-12)18-15(20)11-6-7-13(16-2)14(9-11)19(21)22/h3-10,16H,1-2H3,(H,18,20). The molecule has 7 heteroatoms. The van der Waals surface area contributed by atoms with E-state index in [1.54, 1.807) is 38.4 Å². The van der Waals surface area contributed by atoms with Gasteiger partial charge in [0.15, 0.2) is 0 Å². The van der Waals surface area contributed by atoms with Crippen molar-refractivity contribution in [3.63, 3.8) is 0 Å². The zero-order valence-corrected chi connectivity index (χ0v) is 12.2. The Labute approximate surface area is 127 Å². The molecule has 1 aromatic heterocycles. The number of nitro groups is 1. The van der Waals surface area contributed by atoms with Crippen LogP contribution in [-0.4, -0.2) is 22.9 Å². The van der Waals surface area contributed by atoms with E-state index < -0.39 is 4.92 Å². The monoisotopic (exact) mass is 300 g/mol. The summed E-state index contributed by atoms with van der Waals surface area (Å²) in [5, 5.41) is 16.5. The third-order valence-electron chi connectivity index (χ3n) is 3.20. The van der Waals surface area contributed by atoms with Crippen molar-refractivity contribution in [2.75, 3.05) is 12.4 Å². The van der Waals surface area contributed by atoms with Gasteiger partial charge in [0, 0.05) is 24.9 Å². The van der Waals surface area contributed by atoms with E-state index in [0.717, 1.165) is 5.69 Å². The van der Waals surface area contributed by atoms with Gasteiger partial charge in [-0.15, -0.1) is 0 Å². The molecule has 0 saturated carbocycles. The van der Waals surface area contributed by atoms with Gasteiger partial charge in [0.05, 0.1) is 16.7 Å². The highest BCUT2D eigenvalue weighted by Gasteiger charge is 2.18. The van der Waals surface area contributed by atoms with Crippen molar-refractivity contribution in [1.82, 2.24) is 10.3 Å². The number of hydrogen-bond donors (Lipinski definition) is 2. The van der Waals surface area contributed by atoms with E-state index in [1.807, 2.05) is 6.07 Å². The lowest BCUT2D eigenvalue weighted by atomic mass is 10.1. The van der Waals surface area contributed by atoms with Gasteiger partial charge in [0.25, 0.3) is 11.6 Å². The smallest absolute Gasteiger partial charge is 0.293 e. The number of carbonyl (C=O) groups excluding carboxylic acids is 1. The fourth-order valence-electron chi connectivity index (χ4n) is 2.02. The summed E-state index contributed by atoms with van der Waals surface area (Å²) in [6.45, 7) is 1.80. The fourth-order valence-corrected chi connectivity index (χ4v) is 2.02. The third-order valence-corrected chi connectivity index (χ3v) is 3.20.